The molecule has 1 saturated heterocycles. The Morgan fingerprint density at radius 3 is 2.54 bits per heavy atom. The van der Waals surface area contributed by atoms with Crippen LogP contribution in [0.3, 0.4) is 0 Å². The van der Waals surface area contributed by atoms with Crippen molar-refractivity contribution in [3.8, 4) is 11.4 Å². The molecule has 1 aromatic carbocycles. The van der Waals surface area contributed by atoms with Gasteiger partial charge in [-0.3, -0.25) is 19.3 Å². The van der Waals surface area contributed by atoms with Crippen molar-refractivity contribution < 1.29 is 23.9 Å². The van der Waals surface area contributed by atoms with Crippen LogP contribution in [0.5, 0.6) is 5.75 Å². The average molecular weight is 400 g/mol. The molecule has 0 aliphatic carbocycles. The van der Waals surface area contributed by atoms with Gasteiger partial charge in [0.2, 0.25) is 0 Å². The van der Waals surface area contributed by atoms with Crippen molar-refractivity contribution in [3.63, 3.8) is 0 Å². The molecule has 2 aromatic rings. The van der Waals surface area contributed by atoms with Crippen LogP contribution < -0.4 is 4.74 Å². The highest BCUT2D eigenvalue weighted by Crippen LogP contribution is 2.32. The molecule has 0 saturated carbocycles. The number of rotatable bonds is 6. The summed E-state index contributed by atoms with van der Waals surface area (Å²) >= 11 is 0.812. The first-order valence-electron chi connectivity index (χ1n) is 8.64. The normalized spacial score (nSPS) is 15.6. The minimum atomic E-state index is -0.607. The van der Waals surface area contributed by atoms with Crippen molar-refractivity contribution in [3.05, 3.63) is 53.2 Å². The van der Waals surface area contributed by atoms with Gasteiger partial charge in [-0.15, -0.1) is 0 Å². The maximum absolute atomic E-state index is 12.5. The highest BCUT2D eigenvalue weighted by Gasteiger charge is 2.36. The average Bonchev–Trinajstić information content (AvgIpc) is 3.22. The van der Waals surface area contributed by atoms with E-state index in [0.717, 1.165) is 33.7 Å². The first kappa shape index (κ1) is 19.8. The molecular formula is C20H20N2O5S. The summed E-state index contributed by atoms with van der Waals surface area (Å²) in [5.74, 6) is -0.335. The number of aromatic nitrogens is 1. The fourth-order valence-electron chi connectivity index (χ4n) is 2.63. The molecule has 1 aliphatic heterocycles. The standard InChI is InChI=1S/C20H20N2O5S/c1-13(2)27-18(23)12-22-19(24)17(28-20(22)25)10-14-8-9-21(11-14)15-4-6-16(26-3)7-5-15/h4-11,13H,12H2,1-3H3/b17-10-. The number of thioether (sulfide) groups is 1. The zero-order valence-electron chi connectivity index (χ0n) is 15.7. The third-order valence-electron chi connectivity index (χ3n) is 3.91. The number of carbonyl (C=O) groups excluding carboxylic acids is 3. The second kappa shape index (κ2) is 8.35. The number of hydrogen-bond donors (Lipinski definition) is 0. The molecule has 8 heteroatoms. The Bertz CT molecular complexity index is 930. The number of ether oxygens (including phenoxy) is 2. The molecule has 0 spiro atoms. The van der Waals surface area contributed by atoms with Crippen LogP contribution in [0.25, 0.3) is 11.8 Å². The summed E-state index contributed by atoms with van der Waals surface area (Å²) in [6, 6.07) is 9.38. The van der Waals surface area contributed by atoms with Gasteiger partial charge in [0.1, 0.15) is 12.3 Å². The van der Waals surface area contributed by atoms with Crippen molar-refractivity contribution in [2.45, 2.75) is 20.0 Å². The van der Waals surface area contributed by atoms with Crippen LogP contribution in [-0.4, -0.2) is 46.3 Å². The van der Waals surface area contributed by atoms with E-state index in [2.05, 4.69) is 0 Å². The van der Waals surface area contributed by atoms with Gasteiger partial charge < -0.3 is 14.0 Å². The molecule has 0 N–H and O–H groups in total. The highest BCUT2D eigenvalue weighted by atomic mass is 32.2. The molecule has 1 fully saturated rings. The van der Waals surface area contributed by atoms with Gasteiger partial charge in [0.05, 0.1) is 18.1 Å². The number of methoxy groups -OCH3 is 1. The number of hydrogen-bond acceptors (Lipinski definition) is 6. The molecule has 2 amide bonds. The second-order valence-corrected chi connectivity index (χ2v) is 7.35. The third-order valence-corrected chi connectivity index (χ3v) is 4.82. The topological polar surface area (TPSA) is 77.8 Å². The Labute approximate surface area is 166 Å². The first-order valence-corrected chi connectivity index (χ1v) is 9.46. The van der Waals surface area contributed by atoms with E-state index < -0.39 is 17.1 Å². The lowest BCUT2D eigenvalue weighted by molar-refractivity contribution is -0.149. The van der Waals surface area contributed by atoms with E-state index in [0.29, 0.717) is 0 Å². The Hall–Kier alpha value is -3.00. The number of nitrogens with zero attached hydrogens (tertiary/aromatic N) is 2. The number of amides is 2. The van der Waals surface area contributed by atoms with Crippen molar-refractivity contribution in [2.24, 2.45) is 0 Å². The number of esters is 1. The van der Waals surface area contributed by atoms with Gasteiger partial charge in [-0.2, -0.15) is 0 Å². The summed E-state index contributed by atoms with van der Waals surface area (Å²) in [7, 11) is 1.61. The molecule has 2 heterocycles. The van der Waals surface area contributed by atoms with Crippen LogP contribution in [0.15, 0.2) is 47.6 Å². The van der Waals surface area contributed by atoms with E-state index in [1.807, 2.05) is 47.3 Å². The summed E-state index contributed by atoms with van der Waals surface area (Å²) in [4.78, 5) is 37.5. The molecule has 0 bridgehead atoms. The predicted octanol–water partition coefficient (Wildman–Crippen LogP) is 3.47. The molecule has 7 nitrogen and oxygen atoms in total. The Morgan fingerprint density at radius 1 is 1.18 bits per heavy atom. The van der Waals surface area contributed by atoms with Crippen LogP contribution in [0.4, 0.5) is 4.79 Å². The van der Waals surface area contributed by atoms with Crippen molar-refractivity contribution in [2.75, 3.05) is 13.7 Å². The van der Waals surface area contributed by atoms with Crippen LogP contribution in [0, 0.1) is 0 Å². The molecular weight excluding hydrogens is 380 g/mol. The van der Waals surface area contributed by atoms with E-state index >= 15 is 0 Å². The Balaban J connectivity index is 1.73. The maximum atomic E-state index is 12.5. The molecule has 1 aliphatic rings. The molecule has 146 valence electrons. The van der Waals surface area contributed by atoms with Crippen molar-refractivity contribution in [1.82, 2.24) is 9.47 Å². The van der Waals surface area contributed by atoms with Gasteiger partial charge in [-0.05, 0) is 67.6 Å². The fourth-order valence-corrected chi connectivity index (χ4v) is 3.47. The zero-order chi connectivity index (χ0) is 20.3. The second-order valence-electron chi connectivity index (χ2n) is 6.36. The van der Waals surface area contributed by atoms with Gasteiger partial charge >= 0.3 is 5.97 Å². The largest absolute Gasteiger partial charge is 0.497 e. The third kappa shape index (κ3) is 4.45. The Morgan fingerprint density at radius 2 is 1.89 bits per heavy atom. The lowest BCUT2D eigenvalue weighted by Crippen LogP contribution is -2.35. The SMILES string of the molecule is COc1ccc(-n2ccc(/C=C3\SC(=O)N(CC(=O)OC(C)C)C3=O)c2)cc1. The predicted molar refractivity (Wildman–Crippen MR) is 106 cm³/mol. The summed E-state index contributed by atoms with van der Waals surface area (Å²) in [6.45, 7) is 3.03. The first-order chi connectivity index (χ1) is 13.4. The van der Waals surface area contributed by atoms with Crippen LogP contribution in [0.2, 0.25) is 0 Å². The molecule has 0 unspecified atom stereocenters. The van der Waals surface area contributed by atoms with Gasteiger partial charge in [0.15, 0.2) is 0 Å². The summed E-state index contributed by atoms with van der Waals surface area (Å²) < 4.78 is 12.1. The summed E-state index contributed by atoms with van der Waals surface area (Å²) in [5, 5.41) is -0.480. The van der Waals surface area contributed by atoms with Gasteiger partial charge in [0, 0.05) is 18.1 Å². The molecule has 3 rings (SSSR count). The minimum absolute atomic E-state index is 0.273. The van der Waals surface area contributed by atoms with E-state index in [-0.39, 0.29) is 17.6 Å². The number of benzene rings is 1. The lowest BCUT2D eigenvalue weighted by Gasteiger charge is -2.13. The number of imide groups is 1. The smallest absolute Gasteiger partial charge is 0.326 e. The monoisotopic (exact) mass is 400 g/mol. The van der Waals surface area contributed by atoms with E-state index in [1.165, 1.54) is 0 Å². The van der Waals surface area contributed by atoms with Gasteiger partial charge in [-0.1, -0.05) is 0 Å². The zero-order valence-corrected chi connectivity index (χ0v) is 16.6. The molecule has 0 atom stereocenters. The van der Waals surface area contributed by atoms with E-state index in [1.54, 1.807) is 27.0 Å². The fraction of sp³-hybridized carbons (Fsp3) is 0.250. The summed E-state index contributed by atoms with van der Waals surface area (Å²) in [6.07, 6.45) is 5.04. The van der Waals surface area contributed by atoms with E-state index in [9.17, 15) is 14.4 Å². The minimum Gasteiger partial charge on any atom is -0.497 e. The van der Waals surface area contributed by atoms with Crippen molar-refractivity contribution >= 4 is 35.0 Å². The number of carbonyl (C=O) groups is 3. The summed E-state index contributed by atoms with van der Waals surface area (Å²) in [5.41, 5.74) is 1.70. The molecule has 0 radical (unpaired) electrons. The van der Waals surface area contributed by atoms with Gasteiger partial charge in [0.25, 0.3) is 11.1 Å². The van der Waals surface area contributed by atoms with Crippen LogP contribution >= 0.6 is 11.8 Å². The van der Waals surface area contributed by atoms with Crippen LogP contribution in [-0.2, 0) is 14.3 Å². The highest BCUT2D eigenvalue weighted by molar-refractivity contribution is 8.18. The molecule has 28 heavy (non-hydrogen) atoms. The van der Waals surface area contributed by atoms with Gasteiger partial charge in [-0.25, -0.2) is 0 Å². The lowest BCUT2D eigenvalue weighted by atomic mass is 10.3. The van der Waals surface area contributed by atoms with Crippen LogP contribution in [0.1, 0.15) is 19.4 Å². The van der Waals surface area contributed by atoms with Crippen molar-refractivity contribution in [1.29, 1.82) is 0 Å². The quantitative estimate of drug-likeness (QED) is 0.546. The molecule has 1 aromatic heterocycles. The maximum Gasteiger partial charge on any atom is 0.326 e. The Kier molecular flexibility index (Phi) is 5.89. The van der Waals surface area contributed by atoms with E-state index in [4.69, 9.17) is 9.47 Å².